The number of aliphatic hydroxyl groups is 1. The van der Waals surface area contributed by atoms with Gasteiger partial charge in [0, 0.05) is 31.8 Å². The van der Waals surface area contributed by atoms with Crippen LogP contribution in [0.15, 0.2) is 23.0 Å². The summed E-state index contributed by atoms with van der Waals surface area (Å²) in [6.07, 6.45) is -1.29. The number of halogens is 2. The second-order valence-electron chi connectivity index (χ2n) is 8.50. The Morgan fingerprint density at radius 1 is 1.29 bits per heavy atom. The number of carbonyl (C=O) groups excluding carboxylic acids is 2. The molecule has 188 valence electrons. The molecule has 2 aromatic rings. The van der Waals surface area contributed by atoms with Crippen molar-refractivity contribution in [3.05, 3.63) is 62.6 Å². The SMILES string of the molecule is CCN1C(=O)c2c(OC)c(=O)c(C(=O)NCc3ccc(F)cc3F)c3n2N(CC3O)C1(C)COC. The number of rotatable bonds is 7. The minimum absolute atomic E-state index is 0.00445. The summed E-state index contributed by atoms with van der Waals surface area (Å²) in [5, 5.41) is 15.1. The summed E-state index contributed by atoms with van der Waals surface area (Å²) in [5.41, 5.74) is -2.53. The molecule has 0 saturated heterocycles. The van der Waals surface area contributed by atoms with E-state index in [0.717, 1.165) is 6.07 Å². The van der Waals surface area contributed by atoms with Crippen LogP contribution in [0.4, 0.5) is 8.78 Å². The molecule has 2 atom stereocenters. The molecule has 0 fully saturated rings. The number of methoxy groups -OCH3 is 2. The average Bonchev–Trinajstić information content (AvgIpc) is 3.14. The number of nitrogens with zero attached hydrogens (tertiary/aromatic N) is 3. The Hall–Kier alpha value is -3.51. The van der Waals surface area contributed by atoms with Gasteiger partial charge in [0.25, 0.3) is 11.8 Å². The number of ether oxygens (including phenoxy) is 2. The highest BCUT2D eigenvalue weighted by molar-refractivity contribution is 6.01. The Balaban J connectivity index is 1.86. The molecule has 0 bridgehead atoms. The van der Waals surface area contributed by atoms with Crippen LogP contribution in [0, 0.1) is 11.6 Å². The van der Waals surface area contributed by atoms with Gasteiger partial charge >= 0.3 is 0 Å². The second-order valence-corrected chi connectivity index (χ2v) is 8.50. The molecule has 2 aliphatic rings. The van der Waals surface area contributed by atoms with Gasteiger partial charge in [-0.1, -0.05) is 6.07 Å². The number of amides is 2. The average molecular weight is 492 g/mol. The first-order valence-electron chi connectivity index (χ1n) is 11.0. The van der Waals surface area contributed by atoms with Gasteiger partial charge in [-0.2, -0.15) is 0 Å². The molecule has 0 spiro atoms. The van der Waals surface area contributed by atoms with Crippen LogP contribution < -0.4 is 20.5 Å². The normalized spacial score (nSPS) is 20.8. The summed E-state index contributed by atoms with van der Waals surface area (Å²) >= 11 is 0. The molecule has 35 heavy (non-hydrogen) atoms. The maximum Gasteiger partial charge on any atom is 0.278 e. The highest BCUT2D eigenvalue weighted by Gasteiger charge is 2.53. The molecule has 3 heterocycles. The maximum absolute atomic E-state index is 14.0. The van der Waals surface area contributed by atoms with Crippen LogP contribution in [0.5, 0.6) is 5.75 Å². The number of likely N-dealkylation sites (N-methyl/N-ethyl adjacent to an activating group) is 1. The van der Waals surface area contributed by atoms with Gasteiger partial charge in [0.05, 0.1) is 26.0 Å². The molecular formula is C23H26F2N4O6. The van der Waals surface area contributed by atoms with Gasteiger partial charge in [-0.05, 0) is 19.9 Å². The number of aromatic nitrogens is 1. The van der Waals surface area contributed by atoms with E-state index in [4.69, 9.17) is 9.47 Å². The highest BCUT2D eigenvalue weighted by atomic mass is 19.1. The zero-order valence-electron chi connectivity index (χ0n) is 19.7. The fourth-order valence-corrected chi connectivity index (χ4v) is 4.88. The number of benzene rings is 1. The van der Waals surface area contributed by atoms with Crippen LogP contribution >= 0.6 is 0 Å². The van der Waals surface area contributed by atoms with E-state index >= 15 is 0 Å². The van der Waals surface area contributed by atoms with E-state index in [1.54, 1.807) is 18.9 Å². The number of aliphatic hydroxyl groups excluding tert-OH is 1. The van der Waals surface area contributed by atoms with E-state index in [9.17, 15) is 28.3 Å². The van der Waals surface area contributed by atoms with Gasteiger partial charge in [0.1, 0.15) is 23.3 Å². The standard InChI is InChI=1S/C23H26F2N4O6/c1-5-27-22(33)18-20(35-4)19(31)16(21(32)26-9-12-6-7-13(24)8-14(12)25)17-15(30)10-28(29(17)18)23(27,2)11-34-3/h6-8,15,30H,5,9-11H2,1-4H3,(H,26,32). The molecular weight excluding hydrogens is 466 g/mol. The lowest BCUT2D eigenvalue weighted by Crippen LogP contribution is -2.70. The lowest BCUT2D eigenvalue weighted by Gasteiger charge is -2.51. The third-order valence-electron chi connectivity index (χ3n) is 6.45. The summed E-state index contributed by atoms with van der Waals surface area (Å²) in [7, 11) is 2.68. The van der Waals surface area contributed by atoms with E-state index in [1.807, 2.05) is 0 Å². The number of nitrogens with one attached hydrogen (secondary N) is 1. The molecule has 0 saturated carbocycles. The van der Waals surface area contributed by atoms with Gasteiger partial charge < -0.3 is 24.8 Å². The maximum atomic E-state index is 14.0. The molecule has 1 aromatic heterocycles. The lowest BCUT2D eigenvalue weighted by atomic mass is 10.0. The molecule has 2 amide bonds. The van der Waals surface area contributed by atoms with Gasteiger partial charge in [-0.3, -0.25) is 19.4 Å². The van der Waals surface area contributed by atoms with Crippen molar-refractivity contribution in [1.29, 1.82) is 0 Å². The fourth-order valence-electron chi connectivity index (χ4n) is 4.88. The number of hydrogen-bond acceptors (Lipinski definition) is 7. The van der Waals surface area contributed by atoms with Crippen LogP contribution in [-0.4, -0.2) is 66.1 Å². The molecule has 2 unspecified atom stereocenters. The largest absolute Gasteiger partial charge is 0.491 e. The highest BCUT2D eigenvalue weighted by Crippen LogP contribution is 2.39. The monoisotopic (exact) mass is 492 g/mol. The molecule has 12 heteroatoms. The van der Waals surface area contributed by atoms with Crippen molar-refractivity contribution in [3.63, 3.8) is 0 Å². The molecule has 2 N–H and O–H groups in total. The first-order chi connectivity index (χ1) is 16.6. The third kappa shape index (κ3) is 3.64. The topological polar surface area (TPSA) is 113 Å². The van der Waals surface area contributed by atoms with E-state index in [2.05, 4.69) is 5.32 Å². The molecule has 10 nitrogen and oxygen atoms in total. The minimum Gasteiger partial charge on any atom is -0.491 e. The molecule has 2 aliphatic heterocycles. The first-order valence-corrected chi connectivity index (χ1v) is 11.0. The molecule has 4 rings (SSSR count). The summed E-state index contributed by atoms with van der Waals surface area (Å²) in [5.74, 6) is -3.40. The molecule has 0 radical (unpaired) electrons. The fraction of sp³-hybridized carbons (Fsp3) is 0.435. The quantitative estimate of drug-likeness (QED) is 0.590. The van der Waals surface area contributed by atoms with E-state index in [1.165, 1.54) is 29.9 Å². The summed E-state index contributed by atoms with van der Waals surface area (Å²) in [6.45, 7) is 3.52. The Bertz CT molecular complexity index is 1270. The van der Waals surface area contributed by atoms with Gasteiger partial charge in [0.2, 0.25) is 5.43 Å². The summed E-state index contributed by atoms with van der Waals surface area (Å²) in [6, 6.07) is 2.90. The van der Waals surface area contributed by atoms with Crippen LogP contribution in [0.25, 0.3) is 0 Å². The zero-order chi connectivity index (χ0) is 25.7. The van der Waals surface area contributed by atoms with Crippen molar-refractivity contribution in [2.75, 3.05) is 38.9 Å². The van der Waals surface area contributed by atoms with Crippen LogP contribution in [0.2, 0.25) is 0 Å². The van der Waals surface area contributed by atoms with Crippen LogP contribution in [0.3, 0.4) is 0 Å². The van der Waals surface area contributed by atoms with Crippen LogP contribution in [0.1, 0.15) is 52.1 Å². The van der Waals surface area contributed by atoms with Crippen molar-refractivity contribution < 1.29 is 33.0 Å². The zero-order valence-corrected chi connectivity index (χ0v) is 19.7. The van der Waals surface area contributed by atoms with Crippen molar-refractivity contribution in [2.24, 2.45) is 0 Å². The van der Waals surface area contributed by atoms with Crippen molar-refractivity contribution in [2.45, 2.75) is 32.2 Å². The predicted molar refractivity (Wildman–Crippen MR) is 120 cm³/mol. The van der Waals surface area contributed by atoms with Crippen molar-refractivity contribution in [3.8, 4) is 5.75 Å². The summed E-state index contributed by atoms with van der Waals surface area (Å²) < 4.78 is 39.2. The molecule has 1 aromatic carbocycles. The number of pyridine rings is 1. The molecule has 0 aliphatic carbocycles. The Labute approximate surface area is 199 Å². The predicted octanol–water partition coefficient (Wildman–Crippen LogP) is 0.888. The lowest BCUT2D eigenvalue weighted by molar-refractivity contribution is -0.00112. The van der Waals surface area contributed by atoms with Gasteiger partial charge in [0.15, 0.2) is 17.1 Å². The third-order valence-corrected chi connectivity index (χ3v) is 6.45. The Morgan fingerprint density at radius 2 is 2.00 bits per heavy atom. The van der Waals surface area contributed by atoms with Gasteiger partial charge in [-0.25, -0.2) is 13.5 Å². The first kappa shape index (κ1) is 24.6. The summed E-state index contributed by atoms with van der Waals surface area (Å²) in [4.78, 5) is 41.6. The van der Waals surface area contributed by atoms with Crippen molar-refractivity contribution >= 4 is 11.8 Å². The minimum atomic E-state index is -1.29. The van der Waals surface area contributed by atoms with E-state index in [-0.39, 0.29) is 48.9 Å². The number of carbonyl (C=O) groups is 2. The second kappa shape index (κ2) is 8.93. The number of hydrogen-bond donors (Lipinski definition) is 2. The smallest absolute Gasteiger partial charge is 0.278 e. The van der Waals surface area contributed by atoms with Crippen LogP contribution in [-0.2, 0) is 11.3 Å². The Kier molecular flexibility index (Phi) is 6.28. The van der Waals surface area contributed by atoms with Crippen molar-refractivity contribution in [1.82, 2.24) is 14.9 Å². The Morgan fingerprint density at radius 3 is 2.60 bits per heavy atom. The van der Waals surface area contributed by atoms with Gasteiger partial charge in [-0.15, -0.1) is 0 Å². The van der Waals surface area contributed by atoms with E-state index in [0.29, 0.717) is 6.07 Å². The van der Waals surface area contributed by atoms with E-state index < -0.39 is 46.2 Å².